The van der Waals surface area contributed by atoms with Gasteiger partial charge in [-0.2, -0.15) is 0 Å². The topological polar surface area (TPSA) is 127 Å². The van der Waals surface area contributed by atoms with Crippen molar-refractivity contribution in [2.24, 2.45) is 11.6 Å². The first kappa shape index (κ1) is 17.7. The molecule has 6 N–H and O–H groups in total. The Bertz CT molecular complexity index is 1020. The number of nitrogens with zero attached hydrogens (tertiary/aromatic N) is 2. The Kier molecular flexibility index (Phi) is 4.04. The zero-order valence-electron chi connectivity index (χ0n) is 14.3. The summed E-state index contributed by atoms with van der Waals surface area (Å²) in [5, 5.41) is 8.94. The fourth-order valence-electron chi connectivity index (χ4n) is 3.72. The van der Waals surface area contributed by atoms with Crippen molar-refractivity contribution in [3.8, 4) is 0 Å². The average molecular weight is 379 g/mol. The molecular formula is C17H19F2N5O3. The highest BCUT2D eigenvalue weighted by Crippen LogP contribution is 2.42. The Balaban J connectivity index is 2.12. The van der Waals surface area contributed by atoms with Gasteiger partial charge < -0.3 is 25.7 Å². The van der Waals surface area contributed by atoms with E-state index in [-0.39, 0.29) is 29.8 Å². The van der Waals surface area contributed by atoms with Crippen molar-refractivity contribution >= 4 is 28.2 Å². The number of rotatable bonds is 4. The first-order valence-electron chi connectivity index (χ1n) is 8.65. The third-order valence-electron chi connectivity index (χ3n) is 5.18. The third-order valence-corrected chi connectivity index (χ3v) is 5.18. The molecule has 2 aromatic rings. The van der Waals surface area contributed by atoms with Crippen LogP contribution in [0.2, 0.25) is 0 Å². The maximum Gasteiger partial charge on any atom is 0.341 e. The maximum absolute atomic E-state index is 15.5. The van der Waals surface area contributed by atoms with Gasteiger partial charge in [0.05, 0.1) is 10.9 Å². The number of carbonyl (C=O) groups is 1. The summed E-state index contributed by atoms with van der Waals surface area (Å²) in [6.07, 6.45) is 3.13. The lowest BCUT2D eigenvalue weighted by Crippen LogP contribution is -2.29. The fourth-order valence-corrected chi connectivity index (χ4v) is 3.72. The van der Waals surface area contributed by atoms with E-state index in [4.69, 9.17) is 11.6 Å². The minimum absolute atomic E-state index is 0.141. The second kappa shape index (κ2) is 6.17. The van der Waals surface area contributed by atoms with Gasteiger partial charge in [-0.3, -0.25) is 10.6 Å². The normalized spacial score (nSPS) is 19.7. The van der Waals surface area contributed by atoms with Crippen LogP contribution >= 0.6 is 0 Å². The minimum Gasteiger partial charge on any atom is -0.477 e. The quantitative estimate of drug-likeness (QED) is 0.463. The summed E-state index contributed by atoms with van der Waals surface area (Å²) in [7, 11) is 0. The number of nitrogen functional groups attached to an aromatic ring is 1. The van der Waals surface area contributed by atoms with Crippen LogP contribution in [0.15, 0.2) is 11.0 Å². The van der Waals surface area contributed by atoms with E-state index < -0.39 is 39.7 Å². The zero-order chi connectivity index (χ0) is 19.5. The molecule has 0 spiro atoms. The van der Waals surface area contributed by atoms with E-state index in [9.17, 15) is 14.7 Å². The highest BCUT2D eigenvalue weighted by atomic mass is 19.1. The van der Waals surface area contributed by atoms with E-state index in [1.54, 1.807) is 0 Å². The van der Waals surface area contributed by atoms with E-state index in [1.165, 1.54) is 9.47 Å². The predicted octanol–water partition coefficient (Wildman–Crippen LogP) is 1.14. The third kappa shape index (κ3) is 2.63. The number of aromatic carboxylic acids is 1. The molecule has 1 saturated heterocycles. The number of nitrogens with one attached hydrogen (secondary N) is 1. The molecule has 0 radical (unpaired) electrons. The van der Waals surface area contributed by atoms with Gasteiger partial charge in [-0.25, -0.2) is 13.6 Å². The molecule has 8 nitrogen and oxygen atoms in total. The average Bonchev–Trinajstić information content (AvgIpc) is 3.37. The van der Waals surface area contributed by atoms with Gasteiger partial charge in [-0.1, -0.05) is 0 Å². The number of hydrogen-bond donors (Lipinski definition) is 4. The van der Waals surface area contributed by atoms with Gasteiger partial charge in [0.1, 0.15) is 16.9 Å². The second-order valence-electron chi connectivity index (χ2n) is 7.03. The number of anilines is 2. The van der Waals surface area contributed by atoms with Crippen LogP contribution in [0.1, 0.15) is 35.7 Å². The number of pyridine rings is 1. The predicted molar refractivity (Wildman–Crippen MR) is 96.0 cm³/mol. The molecule has 2 fully saturated rings. The number of nitrogens with two attached hydrogens (primary N) is 2. The molecule has 2 aliphatic rings. The van der Waals surface area contributed by atoms with Crippen LogP contribution in [0.5, 0.6) is 0 Å². The molecule has 27 heavy (non-hydrogen) atoms. The number of aromatic nitrogens is 1. The number of benzene rings is 1. The molecule has 1 aromatic carbocycles. The lowest BCUT2D eigenvalue weighted by atomic mass is 10.1. The molecule has 1 aromatic heterocycles. The number of halogens is 2. The summed E-state index contributed by atoms with van der Waals surface area (Å²) >= 11 is 0. The highest BCUT2D eigenvalue weighted by molar-refractivity contribution is 6.00. The summed E-state index contributed by atoms with van der Waals surface area (Å²) in [5.74, 6) is 2.05. The molecular weight excluding hydrogens is 360 g/mol. The standard InChI is InChI=1S/C17H19F2N5O3/c18-11-13(22-21)10-14(12(19)15(11)23-4-3-7(20)5-23)24(8-1-2-8)6-9(16(10)25)17(26)27/h6-8,22H,1-5,20-21H2,(H,26,27)/t7-/m0/s1. The van der Waals surface area contributed by atoms with Gasteiger partial charge in [0.15, 0.2) is 11.6 Å². The van der Waals surface area contributed by atoms with Crippen molar-refractivity contribution in [3.05, 3.63) is 33.6 Å². The molecule has 1 saturated carbocycles. The SMILES string of the molecule is NNc1c(F)c(N2CC[C@H](N)C2)c(F)c2c1c(=O)c(C(=O)O)cn2C1CC1. The number of hydrogen-bond acceptors (Lipinski definition) is 6. The Hall–Kier alpha value is -2.72. The van der Waals surface area contributed by atoms with E-state index in [0.29, 0.717) is 25.8 Å². The molecule has 0 amide bonds. The van der Waals surface area contributed by atoms with E-state index in [1.807, 2.05) is 0 Å². The van der Waals surface area contributed by atoms with Gasteiger partial charge in [-0.05, 0) is 19.3 Å². The number of carboxylic acids is 1. The number of carboxylic acid groups (broad SMARTS) is 1. The van der Waals surface area contributed by atoms with Crippen molar-refractivity contribution in [1.82, 2.24) is 4.57 Å². The molecule has 0 bridgehead atoms. The van der Waals surface area contributed by atoms with Crippen LogP contribution in [-0.4, -0.2) is 34.8 Å². The largest absolute Gasteiger partial charge is 0.477 e. The van der Waals surface area contributed by atoms with Crippen LogP contribution in [-0.2, 0) is 0 Å². The lowest BCUT2D eigenvalue weighted by Gasteiger charge is -2.24. The summed E-state index contributed by atoms with van der Waals surface area (Å²) in [6.45, 7) is 0.635. The van der Waals surface area contributed by atoms with Gasteiger partial charge in [0.2, 0.25) is 5.43 Å². The minimum atomic E-state index is -1.46. The second-order valence-corrected chi connectivity index (χ2v) is 7.03. The molecule has 4 rings (SSSR count). The molecule has 10 heteroatoms. The van der Waals surface area contributed by atoms with Crippen molar-refractivity contribution in [3.63, 3.8) is 0 Å². The van der Waals surface area contributed by atoms with Crippen molar-refractivity contribution < 1.29 is 18.7 Å². The Morgan fingerprint density at radius 2 is 1.96 bits per heavy atom. The highest BCUT2D eigenvalue weighted by Gasteiger charge is 2.34. The van der Waals surface area contributed by atoms with E-state index in [2.05, 4.69) is 5.43 Å². The molecule has 1 aliphatic carbocycles. The van der Waals surface area contributed by atoms with E-state index in [0.717, 1.165) is 6.20 Å². The summed E-state index contributed by atoms with van der Waals surface area (Å²) in [6, 6.07) is -0.362. The monoisotopic (exact) mass is 379 g/mol. The van der Waals surface area contributed by atoms with Gasteiger partial charge in [0.25, 0.3) is 0 Å². The van der Waals surface area contributed by atoms with Gasteiger partial charge in [0, 0.05) is 31.4 Å². The maximum atomic E-state index is 15.5. The summed E-state index contributed by atoms with van der Waals surface area (Å²) in [4.78, 5) is 25.6. The first-order chi connectivity index (χ1) is 12.8. The molecule has 144 valence electrons. The fraction of sp³-hybridized carbons (Fsp3) is 0.412. The first-order valence-corrected chi connectivity index (χ1v) is 8.65. The Labute approximate surface area is 152 Å². The lowest BCUT2D eigenvalue weighted by molar-refractivity contribution is 0.0695. The number of fused-ring (bicyclic) bond motifs is 1. The molecule has 0 unspecified atom stereocenters. The van der Waals surface area contributed by atoms with Gasteiger partial charge in [-0.15, -0.1) is 0 Å². The van der Waals surface area contributed by atoms with Crippen LogP contribution < -0.4 is 27.3 Å². The smallest absolute Gasteiger partial charge is 0.341 e. The van der Waals surface area contributed by atoms with E-state index >= 15 is 8.78 Å². The molecule has 1 aliphatic heterocycles. The summed E-state index contributed by atoms with van der Waals surface area (Å²) in [5.41, 5.74) is 5.60. The van der Waals surface area contributed by atoms with Gasteiger partial charge >= 0.3 is 5.97 Å². The van der Waals surface area contributed by atoms with Crippen LogP contribution in [0, 0.1) is 11.6 Å². The zero-order valence-corrected chi connectivity index (χ0v) is 14.3. The molecule has 2 heterocycles. The number of hydrazine groups is 1. The van der Waals surface area contributed by atoms with Crippen molar-refractivity contribution in [2.45, 2.75) is 31.3 Å². The van der Waals surface area contributed by atoms with Crippen LogP contribution in [0.4, 0.5) is 20.2 Å². The van der Waals surface area contributed by atoms with Crippen molar-refractivity contribution in [1.29, 1.82) is 0 Å². The van der Waals surface area contributed by atoms with Crippen molar-refractivity contribution in [2.75, 3.05) is 23.4 Å². The Morgan fingerprint density at radius 3 is 2.48 bits per heavy atom. The van der Waals surface area contributed by atoms with Crippen LogP contribution in [0.3, 0.4) is 0 Å². The van der Waals surface area contributed by atoms with Crippen LogP contribution in [0.25, 0.3) is 10.9 Å². The Morgan fingerprint density at radius 1 is 1.26 bits per heavy atom. The summed E-state index contributed by atoms with van der Waals surface area (Å²) < 4.78 is 32.0. The molecule has 1 atom stereocenters.